The first-order valence-corrected chi connectivity index (χ1v) is 12.8. The zero-order valence-corrected chi connectivity index (χ0v) is 22.5. The van der Waals surface area contributed by atoms with Gasteiger partial charge in [0.25, 0.3) is 0 Å². The Morgan fingerprint density at radius 1 is 1.18 bits per heavy atom. The predicted molar refractivity (Wildman–Crippen MR) is 138 cm³/mol. The summed E-state index contributed by atoms with van der Waals surface area (Å²) in [5.74, 6) is -0.438. The molecule has 2 N–H and O–H groups in total. The van der Waals surface area contributed by atoms with Gasteiger partial charge in [0.05, 0.1) is 0 Å². The molecule has 1 aliphatic rings. The van der Waals surface area contributed by atoms with Crippen LogP contribution in [0.2, 0.25) is 0 Å². The lowest BCUT2D eigenvalue weighted by Crippen LogP contribution is -2.55. The second-order valence-electron chi connectivity index (χ2n) is 10.2. The molecule has 0 bridgehead atoms. The number of hydrogen-bond acceptors (Lipinski definition) is 5. The van der Waals surface area contributed by atoms with Gasteiger partial charge in [0.2, 0.25) is 11.8 Å². The van der Waals surface area contributed by atoms with Gasteiger partial charge in [0.15, 0.2) is 0 Å². The Balaban J connectivity index is 2.43. The van der Waals surface area contributed by atoms with Gasteiger partial charge in [-0.1, -0.05) is 31.5 Å². The molecule has 3 unspecified atom stereocenters. The summed E-state index contributed by atoms with van der Waals surface area (Å²) in [7, 11) is 0. The highest BCUT2D eigenvalue weighted by Crippen LogP contribution is 2.37. The molecule has 7 nitrogen and oxygen atoms in total. The summed E-state index contributed by atoms with van der Waals surface area (Å²) < 4.78 is 5.35. The number of ether oxygens (including phenoxy) is 1. The van der Waals surface area contributed by atoms with Crippen molar-refractivity contribution < 1.29 is 19.1 Å². The monoisotopic (exact) mass is 491 g/mol. The lowest BCUT2D eigenvalue weighted by atomic mass is 9.94. The van der Waals surface area contributed by atoms with Crippen LogP contribution in [0.15, 0.2) is 18.2 Å². The second-order valence-corrected chi connectivity index (χ2v) is 10.6. The SMILES string of the molecule is CCCC(C)NC(=O)C(c1cccc(C)c1C)N(C(=O)C(CS)NC(=O)OC(C)(C)C)C1CC1. The third kappa shape index (κ3) is 7.65. The fourth-order valence-electron chi connectivity index (χ4n) is 4.00. The van der Waals surface area contributed by atoms with Crippen LogP contribution in [0.3, 0.4) is 0 Å². The molecule has 1 saturated carbocycles. The Bertz CT molecular complexity index is 879. The van der Waals surface area contributed by atoms with Gasteiger partial charge in [-0.25, -0.2) is 4.79 Å². The Hall–Kier alpha value is -2.22. The largest absolute Gasteiger partial charge is 0.444 e. The normalized spacial score (nSPS) is 16.2. The maximum absolute atomic E-state index is 13.8. The molecule has 1 aromatic carbocycles. The average Bonchev–Trinajstić information content (AvgIpc) is 3.56. The van der Waals surface area contributed by atoms with Crippen LogP contribution in [0.25, 0.3) is 0 Å². The minimum absolute atomic E-state index is 0.0122. The standard InChI is InChI=1S/C26H41N3O4S/c1-8-10-17(3)27-23(30)22(20-12-9-11-16(2)18(20)4)29(19-13-14-19)24(31)21(15-34)28-25(32)33-26(5,6)7/h9,11-12,17,19,21-22,34H,8,10,13-15H2,1-7H3,(H,27,30)(H,28,32). The number of nitrogens with zero attached hydrogens (tertiary/aromatic N) is 1. The molecular weight excluding hydrogens is 450 g/mol. The van der Waals surface area contributed by atoms with Crippen molar-refractivity contribution in [3.63, 3.8) is 0 Å². The van der Waals surface area contributed by atoms with Crippen LogP contribution in [0, 0.1) is 13.8 Å². The molecule has 3 atom stereocenters. The number of hydrogen-bond donors (Lipinski definition) is 3. The smallest absolute Gasteiger partial charge is 0.408 e. The number of thiol groups is 1. The van der Waals surface area contributed by atoms with Gasteiger partial charge in [-0.05, 0) is 77.5 Å². The van der Waals surface area contributed by atoms with Crippen LogP contribution < -0.4 is 10.6 Å². The number of alkyl carbamates (subject to hydrolysis) is 1. The van der Waals surface area contributed by atoms with E-state index in [0.29, 0.717) is 0 Å². The molecule has 1 fully saturated rings. The lowest BCUT2D eigenvalue weighted by Gasteiger charge is -2.35. The van der Waals surface area contributed by atoms with Crippen LogP contribution in [-0.4, -0.2) is 52.3 Å². The maximum atomic E-state index is 13.8. The topological polar surface area (TPSA) is 87.7 Å². The van der Waals surface area contributed by atoms with Crippen molar-refractivity contribution in [2.24, 2.45) is 0 Å². The molecule has 1 aliphatic carbocycles. The van der Waals surface area contributed by atoms with Crippen LogP contribution >= 0.6 is 12.6 Å². The van der Waals surface area contributed by atoms with Crippen LogP contribution in [0.5, 0.6) is 0 Å². The highest BCUT2D eigenvalue weighted by atomic mass is 32.1. The third-order valence-corrected chi connectivity index (χ3v) is 6.31. The summed E-state index contributed by atoms with van der Waals surface area (Å²) in [5, 5.41) is 5.77. The molecule has 0 radical (unpaired) electrons. The molecule has 0 spiro atoms. The fraction of sp³-hybridized carbons (Fsp3) is 0.654. The summed E-state index contributed by atoms with van der Waals surface area (Å²) in [6.45, 7) is 13.3. The highest BCUT2D eigenvalue weighted by Gasteiger charge is 2.44. The van der Waals surface area contributed by atoms with Gasteiger partial charge in [-0.15, -0.1) is 0 Å². The summed E-state index contributed by atoms with van der Waals surface area (Å²) in [6.07, 6.45) is 2.75. The molecule has 190 valence electrons. The first kappa shape index (κ1) is 28.0. The Kier molecular flexibility index (Phi) is 9.85. The highest BCUT2D eigenvalue weighted by molar-refractivity contribution is 7.80. The zero-order valence-electron chi connectivity index (χ0n) is 21.6. The zero-order chi connectivity index (χ0) is 25.6. The van der Waals surface area contributed by atoms with Crippen molar-refractivity contribution in [3.8, 4) is 0 Å². The molecule has 34 heavy (non-hydrogen) atoms. The molecule has 3 amide bonds. The van der Waals surface area contributed by atoms with Crippen molar-refractivity contribution in [2.75, 3.05) is 5.75 Å². The number of carbonyl (C=O) groups excluding carboxylic acids is 3. The minimum atomic E-state index is -0.910. The van der Waals surface area contributed by atoms with Crippen LogP contribution in [-0.2, 0) is 14.3 Å². The van der Waals surface area contributed by atoms with E-state index in [1.807, 2.05) is 39.0 Å². The van der Waals surface area contributed by atoms with Crippen molar-refractivity contribution in [3.05, 3.63) is 34.9 Å². The average molecular weight is 492 g/mol. The van der Waals surface area contributed by atoms with Gasteiger partial charge in [-0.2, -0.15) is 12.6 Å². The molecule has 0 aliphatic heterocycles. The predicted octanol–water partition coefficient (Wildman–Crippen LogP) is 4.46. The molecule has 8 heteroatoms. The number of benzene rings is 1. The van der Waals surface area contributed by atoms with Gasteiger partial charge >= 0.3 is 6.09 Å². The number of carbonyl (C=O) groups is 3. The second kappa shape index (κ2) is 12.0. The Labute approximate surface area is 209 Å². The molecule has 1 aromatic rings. The summed E-state index contributed by atoms with van der Waals surface area (Å²) in [4.78, 5) is 41.5. The minimum Gasteiger partial charge on any atom is -0.444 e. The van der Waals surface area contributed by atoms with E-state index in [4.69, 9.17) is 4.74 Å². The fourth-order valence-corrected chi connectivity index (χ4v) is 4.25. The van der Waals surface area contributed by atoms with Crippen LogP contribution in [0.1, 0.15) is 83.0 Å². The maximum Gasteiger partial charge on any atom is 0.408 e. The summed E-state index contributed by atoms with van der Waals surface area (Å²) in [5.41, 5.74) is 2.14. The molecular formula is C26H41N3O4S. The van der Waals surface area contributed by atoms with Crippen LogP contribution in [0.4, 0.5) is 4.79 Å². The molecule has 0 heterocycles. The summed E-state index contributed by atoms with van der Waals surface area (Å²) >= 11 is 4.33. The van der Waals surface area contributed by atoms with E-state index in [0.717, 1.165) is 42.4 Å². The van der Waals surface area contributed by atoms with Crippen molar-refractivity contribution in [1.82, 2.24) is 15.5 Å². The van der Waals surface area contributed by atoms with E-state index in [-0.39, 0.29) is 29.7 Å². The first-order chi connectivity index (χ1) is 15.9. The van der Waals surface area contributed by atoms with E-state index in [2.05, 4.69) is 30.2 Å². The Morgan fingerprint density at radius 2 is 1.82 bits per heavy atom. The molecule has 0 aromatic heterocycles. The number of nitrogens with one attached hydrogen (secondary N) is 2. The number of aryl methyl sites for hydroxylation is 1. The van der Waals surface area contributed by atoms with E-state index in [9.17, 15) is 14.4 Å². The molecule has 0 saturated heterocycles. The number of amides is 3. The lowest BCUT2D eigenvalue weighted by molar-refractivity contribution is -0.143. The van der Waals surface area contributed by atoms with Crippen molar-refractivity contribution >= 4 is 30.5 Å². The third-order valence-electron chi connectivity index (χ3n) is 5.94. The Morgan fingerprint density at radius 3 is 2.35 bits per heavy atom. The first-order valence-electron chi connectivity index (χ1n) is 12.2. The van der Waals surface area contributed by atoms with E-state index in [1.54, 1.807) is 25.7 Å². The van der Waals surface area contributed by atoms with Crippen molar-refractivity contribution in [2.45, 2.75) is 104 Å². The summed E-state index contributed by atoms with van der Waals surface area (Å²) in [6, 6.07) is 4.05. The van der Waals surface area contributed by atoms with E-state index in [1.165, 1.54) is 0 Å². The van der Waals surface area contributed by atoms with Gasteiger partial charge in [0.1, 0.15) is 17.7 Å². The van der Waals surface area contributed by atoms with Gasteiger partial charge < -0.3 is 20.3 Å². The van der Waals surface area contributed by atoms with E-state index >= 15 is 0 Å². The number of rotatable bonds is 10. The van der Waals surface area contributed by atoms with Gasteiger partial charge in [-0.3, -0.25) is 9.59 Å². The van der Waals surface area contributed by atoms with Gasteiger partial charge in [0, 0.05) is 17.8 Å². The van der Waals surface area contributed by atoms with E-state index < -0.39 is 23.8 Å². The van der Waals surface area contributed by atoms with Crippen molar-refractivity contribution in [1.29, 1.82) is 0 Å². The quantitative estimate of drug-likeness (QED) is 0.422. The molecule has 2 rings (SSSR count).